The summed E-state index contributed by atoms with van der Waals surface area (Å²) in [6, 6.07) is 15.8. The minimum absolute atomic E-state index is 0.0524. The molecule has 0 saturated carbocycles. The highest BCUT2D eigenvalue weighted by molar-refractivity contribution is 7.15. The van der Waals surface area contributed by atoms with Gasteiger partial charge in [-0.25, -0.2) is 9.59 Å². The van der Waals surface area contributed by atoms with Crippen molar-refractivity contribution in [2.45, 2.75) is 46.0 Å². The number of hydrogen-bond donors (Lipinski definition) is 0. The van der Waals surface area contributed by atoms with Gasteiger partial charge in [-0.3, -0.25) is 0 Å². The van der Waals surface area contributed by atoms with Crippen molar-refractivity contribution in [2.24, 2.45) is 5.92 Å². The Hall–Kier alpha value is -4.10. The largest absolute Gasteiger partial charge is 0.497 e. The lowest BCUT2D eigenvalue weighted by atomic mass is 9.82. The van der Waals surface area contributed by atoms with E-state index < -0.39 is 11.9 Å². The summed E-state index contributed by atoms with van der Waals surface area (Å²) in [5.74, 6) is 1.38. The van der Waals surface area contributed by atoms with Crippen LogP contribution in [0, 0.1) is 5.92 Å². The van der Waals surface area contributed by atoms with Crippen LogP contribution in [0.15, 0.2) is 71.7 Å². The van der Waals surface area contributed by atoms with E-state index in [2.05, 4.69) is 39.8 Å². The first-order valence-corrected chi connectivity index (χ1v) is 14.6. The Bertz CT molecular complexity index is 1780. The van der Waals surface area contributed by atoms with Crippen LogP contribution in [0.3, 0.4) is 0 Å². The fourth-order valence-electron chi connectivity index (χ4n) is 5.66. The number of benzene rings is 2. The van der Waals surface area contributed by atoms with Crippen LogP contribution in [0.4, 0.5) is 0 Å². The first-order chi connectivity index (χ1) is 19.6. The molecule has 0 fully saturated rings. The van der Waals surface area contributed by atoms with E-state index in [0.717, 1.165) is 28.9 Å². The Morgan fingerprint density at radius 3 is 2.02 bits per heavy atom. The molecule has 0 radical (unpaired) electrons. The molecule has 2 aliphatic heterocycles. The molecule has 1 aromatic heterocycles. The van der Waals surface area contributed by atoms with E-state index in [1.165, 1.54) is 9.75 Å². The Balaban J connectivity index is 1.44. The van der Waals surface area contributed by atoms with Crippen LogP contribution < -0.4 is 19.9 Å². The van der Waals surface area contributed by atoms with E-state index in [-0.39, 0.29) is 11.3 Å². The lowest BCUT2D eigenvalue weighted by molar-refractivity contribution is -0.128. The fraction of sp³-hybridized carbons (Fsp3) is 0.294. The van der Waals surface area contributed by atoms with Crippen molar-refractivity contribution in [3.05, 3.63) is 92.6 Å². The second-order valence-electron chi connectivity index (χ2n) is 11.5. The quantitative estimate of drug-likeness (QED) is 0.278. The van der Waals surface area contributed by atoms with E-state index in [1.54, 1.807) is 37.7 Å². The molecule has 1 aliphatic carbocycles. The van der Waals surface area contributed by atoms with E-state index in [0.29, 0.717) is 45.3 Å². The number of rotatable bonds is 6. The Morgan fingerprint density at radius 2 is 1.46 bits per heavy atom. The molecular formula is C34H32O6S. The van der Waals surface area contributed by atoms with Gasteiger partial charge in [0.05, 0.1) is 25.4 Å². The zero-order chi connectivity index (χ0) is 29.1. The summed E-state index contributed by atoms with van der Waals surface area (Å²) >= 11 is 1.78. The van der Waals surface area contributed by atoms with Gasteiger partial charge in [0.1, 0.15) is 17.3 Å². The maximum absolute atomic E-state index is 13.2. The third kappa shape index (κ3) is 4.58. The van der Waals surface area contributed by atoms with Crippen LogP contribution in [0.1, 0.15) is 51.0 Å². The molecule has 3 aliphatic rings. The summed E-state index contributed by atoms with van der Waals surface area (Å²) in [6.45, 7) is 8.70. The molecule has 6 rings (SSSR count). The maximum Gasteiger partial charge on any atom is 0.344 e. The van der Waals surface area contributed by atoms with E-state index in [1.807, 2.05) is 30.3 Å². The van der Waals surface area contributed by atoms with Gasteiger partial charge in [0.15, 0.2) is 5.76 Å². The highest BCUT2D eigenvalue weighted by Crippen LogP contribution is 2.39. The van der Waals surface area contributed by atoms with Gasteiger partial charge in [-0.05, 0) is 64.8 Å². The molecule has 3 aromatic rings. The summed E-state index contributed by atoms with van der Waals surface area (Å²) in [5, 5.41) is 1.23. The second kappa shape index (κ2) is 10.1. The normalized spacial score (nSPS) is 18.2. The van der Waals surface area contributed by atoms with Crippen molar-refractivity contribution >= 4 is 34.4 Å². The molecule has 7 heteroatoms. The monoisotopic (exact) mass is 568 g/mol. The molecule has 0 amide bonds. The maximum atomic E-state index is 13.2. The molecule has 1 atom stereocenters. The smallest absolute Gasteiger partial charge is 0.344 e. The Labute approximate surface area is 243 Å². The molecule has 0 bridgehead atoms. The Kier molecular flexibility index (Phi) is 6.65. The van der Waals surface area contributed by atoms with Gasteiger partial charge in [-0.2, -0.15) is 0 Å². The molecule has 2 aromatic carbocycles. The zero-order valence-electron chi connectivity index (χ0n) is 24.0. The SMILES string of the molecule is CCC1CC(OC)=C(OC)C=C1C1=c2cc3c(cc2OC1=O)=C(c1ccc(-c2ccc(C(C)(C)C)s2)cc1)C(=O)O3. The van der Waals surface area contributed by atoms with Gasteiger partial charge in [0.2, 0.25) is 0 Å². The minimum Gasteiger partial charge on any atom is -0.497 e. The minimum atomic E-state index is -0.424. The highest BCUT2D eigenvalue weighted by Gasteiger charge is 2.35. The number of carbonyl (C=O) groups excluding carboxylic acids is 2. The van der Waals surface area contributed by atoms with Crippen molar-refractivity contribution in [3.63, 3.8) is 0 Å². The van der Waals surface area contributed by atoms with Crippen LogP contribution in [0.2, 0.25) is 0 Å². The van der Waals surface area contributed by atoms with Crippen LogP contribution in [0.5, 0.6) is 11.5 Å². The lowest BCUT2D eigenvalue weighted by Gasteiger charge is -2.25. The van der Waals surface area contributed by atoms with Crippen molar-refractivity contribution in [1.29, 1.82) is 0 Å². The number of hydrogen-bond acceptors (Lipinski definition) is 7. The third-order valence-corrected chi connectivity index (χ3v) is 9.48. The molecule has 3 heterocycles. The number of fused-ring (bicyclic) bond motifs is 2. The summed E-state index contributed by atoms with van der Waals surface area (Å²) in [6.07, 6.45) is 3.28. The van der Waals surface area contributed by atoms with Crippen molar-refractivity contribution < 1.29 is 28.5 Å². The molecule has 41 heavy (non-hydrogen) atoms. The molecular weight excluding hydrogens is 536 g/mol. The summed E-state index contributed by atoms with van der Waals surface area (Å²) in [7, 11) is 3.20. The molecule has 1 unspecified atom stereocenters. The number of thiophene rings is 1. The van der Waals surface area contributed by atoms with Crippen LogP contribution >= 0.6 is 11.3 Å². The molecule has 0 spiro atoms. The summed E-state index contributed by atoms with van der Waals surface area (Å²) in [5.41, 5.74) is 3.70. The van der Waals surface area contributed by atoms with Gasteiger partial charge in [-0.1, -0.05) is 52.0 Å². The summed E-state index contributed by atoms with van der Waals surface area (Å²) in [4.78, 5) is 28.8. The molecule has 0 N–H and O–H groups in total. The fourth-order valence-corrected chi connectivity index (χ4v) is 6.73. The molecule has 0 saturated heterocycles. The van der Waals surface area contributed by atoms with Gasteiger partial charge in [0, 0.05) is 26.6 Å². The van der Waals surface area contributed by atoms with Crippen molar-refractivity contribution in [2.75, 3.05) is 14.2 Å². The average Bonchev–Trinajstić information content (AvgIpc) is 3.65. The predicted octanol–water partition coefficient (Wildman–Crippen LogP) is 5.76. The average molecular weight is 569 g/mol. The van der Waals surface area contributed by atoms with E-state index >= 15 is 0 Å². The number of methoxy groups -OCH3 is 2. The van der Waals surface area contributed by atoms with Crippen molar-refractivity contribution in [1.82, 2.24) is 0 Å². The second-order valence-corrected chi connectivity index (χ2v) is 12.6. The zero-order valence-corrected chi connectivity index (χ0v) is 24.9. The van der Waals surface area contributed by atoms with Gasteiger partial charge >= 0.3 is 11.9 Å². The van der Waals surface area contributed by atoms with Crippen LogP contribution in [0.25, 0.3) is 21.6 Å². The van der Waals surface area contributed by atoms with E-state index in [9.17, 15) is 9.59 Å². The number of esters is 2. The first-order valence-electron chi connectivity index (χ1n) is 13.7. The van der Waals surface area contributed by atoms with E-state index in [4.69, 9.17) is 18.9 Å². The Morgan fingerprint density at radius 1 is 0.854 bits per heavy atom. The van der Waals surface area contributed by atoms with Gasteiger partial charge in [-0.15, -0.1) is 11.3 Å². The molecule has 6 nitrogen and oxygen atoms in total. The predicted molar refractivity (Wildman–Crippen MR) is 159 cm³/mol. The van der Waals surface area contributed by atoms with Gasteiger partial charge < -0.3 is 18.9 Å². The highest BCUT2D eigenvalue weighted by atomic mass is 32.1. The van der Waals surface area contributed by atoms with Crippen LogP contribution in [-0.2, 0) is 24.5 Å². The number of carbonyl (C=O) groups is 2. The number of allylic oxidation sites excluding steroid dienone is 2. The van der Waals surface area contributed by atoms with Crippen LogP contribution in [-0.4, -0.2) is 26.2 Å². The summed E-state index contributed by atoms with van der Waals surface area (Å²) < 4.78 is 22.6. The van der Waals surface area contributed by atoms with Gasteiger partial charge in [0.25, 0.3) is 0 Å². The van der Waals surface area contributed by atoms with Crippen molar-refractivity contribution in [3.8, 4) is 21.9 Å². The molecule has 210 valence electrons. The number of ether oxygens (including phenoxy) is 4. The third-order valence-electron chi connectivity index (χ3n) is 7.92. The standard InChI is InChI=1S/C34H32O6S/c1-7-18-14-26(37-5)27(38-6)15-21(18)31-23-17-24-22(16-25(23)40-33(31)36)30(32(35)39-24)20-10-8-19(9-11-20)28-12-13-29(41-28)34(2,3)4/h8-13,15-18H,7,14H2,1-6H3. The first kappa shape index (κ1) is 27.1. The topological polar surface area (TPSA) is 71.1 Å². The lowest BCUT2D eigenvalue weighted by Crippen LogP contribution is -2.20.